The summed E-state index contributed by atoms with van der Waals surface area (Å²) < 4.78 is 26.6. The molecule has 6 aromatic carbocycles. The van der Waals surface area contributed by atoms with Crippen molar-refractivity contribution in [1.29, 1.82) is 0 Å². The van der Waals surface area contributed by atoms with Crippen molar-refractivity contribution < 1.29 is 59.2 Å². The lowest BCUT2D eigenvalue weighted by Crippen LogP contribution is -2.57. The fraction of sp³-hybridized carbons (Fsp3) is 0.296. The van der Waals surface area contributed by atoms with E-state index in [4.69, 9.17) is 65.4 Å². The van der Waals surface area contributed by atoms with Gasteiger partial charge in [0.25, 0.3) is 11.8 Å². The number of aromatic amines is 2. The number of hydrogen-bond donors (Lipinski definition) is 10. The zero-order chi connectivity index (χ0) is 52.9. The maximum atomic E-state index is 13.3. The first-order valence-corrected chi connectivity index (χ1v) is 25.9. The number of nitrogens with zero attached hydrogens (tertiary/aromatic N) is 2. The van der Waals surface area contributed by atoms with Crippen molar-refractivity contribution in [1.82, 2.24) is 29.7 Å². The smallest absolute Gasteiger partial charge is 0.252 e. The van der Waals surface area contributed by atoms with E-state index in [-0.39, 0.29) is 11.8 Å². The molecule has 0 bridgehead atoms. The molecule has 10 unspecified atom stereocenters. The maximum Gasteiger partial charge on any atom is 0.252 e. The first-order chi connectivity index (χ1) is 36.7. The van der Waals surface area contributed by atoms with Crippen LogP contribution in [0.4, 0.5) is 0 Å². The van der Waals surface area contributed by atoms with Crippen LogP contribution >= 0.6 is 46.4 Å². The predicted molar refractivity (Wildman–Crippen MR) is 288 cm³/mol. The van der Waals surface area contributed by atoms with Crippen LogP contribution in [-0.2, 0) is 32.0 Å². The van der Waals surface area contributed by atoms with Crippen molar-refractivity contribution in [3.8, 4) is 0 Å². The Morgan fingerprint density at radius 3 is 1.38 bits per heavy atom. The van der Waals surface area contributed by atoms with Gasteiger partial charge >= 0.3 is 0 Å². The van der Waals surface area contributed by atoms with Gasteiger partial charge < -0.3 is 79.3 Å². The number of aliphatic hydroxyl groups excluding tert-OH is 6. The van der Waals surface area contributed by atoms with Crippen LogP contribution in [0.1, 0.15) is 44.3 Å². The molecule has 0 radical (unpaired) electrons. The summed E-state index contributed by atoms with van der Waals surface area (Å²) in [7, 11) is 2.76. The van der Waals surface area contributed by atoms with Gasteiger partial charge in [-0.3, -0.25) is 9.59 Å². The topological polar surface area (TPSA) is 258 Å². The van der Waals surface area contributed by atoms with E-state index in [2.05, 4.69) is 20.6 Å². The Balaban J connectivity index is 0.000000146. The Labute approximate surface area is 449 Å². The number of fused-ring (bicyclic) bond motifs is 20. The lowest BCUT2D eigenvalue weighted by molar-refractivity contribution is -0.255. The SMILES string of the molecule is COC1C(CO)OC(n2c3c(Cl)cccc3c3c4c(c5c6cccc(Cl)c6[nH]c5c32)C(=O)NC4)C(O)C1O.COC1C(CO)OC(n2c3c(Cl)cccc3c3c4c(c5c6cccc(Cl)c6[nH]c5c32)CNC4=O)C(O)C1O. The van der Waals surface area contributed by atoms with Crippen LogP contribution in [0, 0.1) is 0 Å². The molecule has 4 aliphatic heterocycles. The van der Waals surface area contributed by atoms with E-state index in [0.717, 1.165) is 38.1 Å². The van der Waals surface area contributed by atoms with E-state index in [1.165, 1.54) is 14.2 Å². The summed E-state index contributed by atoms with van der Waals surface area (Å²) in [6.45, 7) is -0.231. The van der Waals surface area contributed by atoms with Crippen LogP contribution in [0.15, 0.2) is 72.8 Å². The average molecular weight is 1110 g/mol. The van der Waals surface area contributed by atoms with Gasteiger partial charge in [-0.1, -0.05) is 94.9 Å². The molecule has 14 rings (SSSR count). The number of carbonyl (C=O) groups is 2. The van der Waals surface area contributed by atoms with Crippen LogP contribution in [0.3, 0.4) is 0 Å². The molecule has 10 aromatic rings. The van der Waals surface area contributed by atoms with E-state index in [9.17, 15) is 40.2 Å². The molecule has 392 valence electrons. The number of hydrogen-bond acceptors (Lipinski definition) is 12. The molecule has 0 aliphatic carbocycles. The van der Waals surface area contributed by atoms with Gasteiger partial charge in [-0.05, 0) is 35.4 Å². The van der Waals surface area contributed by atoms with Crippen molar-refractivity contribution in [2.45, 2.75) is 74.4 Å². The van der Waals surface area contributed by atoms with E-state index < -0.39 is 74.5 Å². The monoisotopic (exact) mass is 1110 g/mol. The van der Waals surface area contributed by atoms with Crippen LogP contribution in [0.25, 0.3) is 87.2 Å². The summed E-state index contributed by atoms with van der Waals surface area (Å²) in [5.74, 6) is -0.413. The van der Waals surface area contributed by atoms with Crippen LogP contribution in [0.2, 0.25) is 20.1 Å². The lowest BCUT2D eigenvalue weighted by atomic mass is 9.96. The summed E-state index contributed by atoms with van der Waals surface area (Å²) in [6, 6.07) is 21.9. The number of benzene rings is 6. The second kappa shape index (κ2) is 18.4. The Morgan fingerprint density at radius 2 is 0.908 bits per heavy atom. The summed E-state index contributed by atoms with van der Waals surface area (Å²) in [5.41, 5.74) is 7.65. The highest BCUT2D eigenvalue weighted by atomic mass is 35.5. The number of halogens is 4. The van der Waals surface area contributed by atoms with Crippen molar-refractivity contribution >= 4 is 145 Å². The quantitative estimate of drug-likeness (QED) is 0.0793. The van der Waals surface area contributed by atoms with Gasteiger partial charge in [0.1, 0.15) is 48.8 Å². The number of carbonyl (C=O) groups excluding carboxylic acids is 2. The Bertz CT molecular complexity index is 4110. The molecule has 4 aliphatic rings. The number of rotatable bonds is 6. The number of methoxy groups -OCH3 is 2. The number of para-hydroxylation sites is 4. The third-order valence-electron chi connectivity index (χ3n) is 15.7. The number of amides is 2. The molecular formula is C54H46Cl4N6O12. The molecule has 0 spiro atoms. The summed E-state index contributed by atoms with van der Waals surface area (Å²) in [5, 5.41) is 78.4. The highest BCUT2D eigenvalue weighted by Gasteiger charge is 2.49. The Hall–Kier alpha value is -5.78. The van der Waals surface area contributed by atoms with E-state index in [1.807, 2.05) is 42.5 Å². The molecule has 8 heterocycles. The minimum absolute atomic E-state index is 0.191. The fourth-order valence-corrected chi connectivity index (χ4v) is 13.5. The second-order valence-electron chi connectivity index (χ2n) is 19.5. The zero-order valence-electron chi connectivity index (χ0n) is 40.1. The zero-order valence-corrected chi connectivity index (χ0v) is 43.1. The Kier molecular flexibility index (Phi) is 12.1. The third kappa shape index (κ3) is 6.84. The van der Waals surface area contributed by atoms with Crippen molar-refractivity contribution in [2.75, 3.05) is 27.4 Å². The first-order valence-electron chi connectivity index (χ1n) is 24.3. The van der Waals surface area contributed by atoms with E-state index in [1.54, 1.807) is 39.5 Å². The van der Waals surface area contributed by atoms with Gasteiger partial charge in [0.15, 0.2) is 12.5 Å². The average Bonchev–Trinajstić information content (AvgIpc) is 4.48. The number of aliphatic hydroxyl groups is 6. The highest BCUT2D eigenvalue weighted by Crippen LogP contribution is 2.50. The molecule has 2 amide bonds. The van der Waals surface area contributed by atoms with Gasteiger partial charge in [-0.2, -0.15) is 0 Å². The van der Waals surface area contributed by atoms with E-state index >= 15 is 0 Å². The summed E-state index contributed by atoms with van der Waals surface area (Å²) >= 11 is 26.7. The van der Waals surface area contributed by atoms with Gasteiger partial charge in [0.05, 0.1) is 88.6 Å². The maximum absolute atomic E-state index is 13.3. The molecule has 4 aromatic heterocycles. The lowest BCUT2D eigenvalue weighted by Gasteiger charge is -2.42. The molecule has 18 nitrogen and oxygen atoms in total. The van der Waals surface area contributed by atoms with E-state index in [0.29, 0.717) is 105 Å². The second-order valence-corrected chi connectivity index (χ2v) is 21.1. The molecule has 0 saturated carbocycles. The number of ether oxygens (including phenoxy) is 4. The number of aromatic nitrogens is 4. The first kappa shape index (κ1) is 49.8. The molecule has 10 atom stereocenters. The van der Waals surface area contributed by atoms with Crippen molar-refractivity contribution in [3.05, 3.63) is 115 Å². The number of H-pyrrole nitrogens is 2. The van der Waals surface area contributed by atoms with Gasteiger partial charge in [0.2, 0.25) is 0 Å². The Morgan fingerprint density at radius 1 is 0.513 bits per heavy atom. The predicted octanol–water partition coefficient (Wildman–Crippen LogP) is 7.21. The molecule has 76 heavy (non-hydrogen) atoms. The minimum Gasteiger partial charge on any atom is -0.394 e. The van der Waals surface area contributed by atoms with Crippen LogP contribution < -0.4 is 10.6 Å². The largest absolute Gasteiger partial charge is 0.394 e. The molecule has 2 fully saturated rings. The fourth-order valence-electron chi connectivity index (χ4n) is 12.6. The van der Waals surface area contributed by atoms with Crippen LogP contribution in [-0.4, -0.2) is 138 Å². The van der Waals surface area contributed by atoms with Crippen LogP contribution in [0.5, 0.6) is 0 Å². The molecule has 10 N–H and O–H groups in total. The van der Waals surface area contributed by atoms with Crippen molar-refractivity contribution in [3.63, 3.8) is 0 Å². The highest BCUT2D eigenvalue weighted by molar-refractivity contribution is 6.42. The van der Waals surface area contributed by atoms with Crippen molar-refractivity contribution in [2.24, 2.45) is 0 Å². The van der Waals surface area contributed by atoms with Gasteiger partial charge in [-0.25, -0.2) is 0 Å². The minimum atomic E-state index is -1.44. The summed E-state index contributed by atoms with van der Waals surface area (Å²) in [4.78, 5) is 33.4. The molecule has 22 heteroatoms. The molecular weight excluding hydrogens is 1070 g/mol. The third-order valence-corrected chi connectivity index (χ3v) is 17.0. The standard InChI is InChI=1S/2C27H23Cl2N3O6/c1-37-25-15(9-33)38-27(24(35)23(25)34)32-21-11(5-3-7-14(21)29)16-12-8-30-26(36)18(12)17-10-4-2-6-13(28)19(10)31-20(17)22(16)32;1-37-25-15(9-33)38-27(24(35)23(25)34)32-21-11(5-3-7-14(21)29)17-18-12(8-30-26(18)36)16-10-4-2-6-13(28)19(10)31-20(16)22(17)32/h2*2-7,15,23-25,27,31,33-35H,8-9H2,1H3,(H,30,36). The molecule has 2 saturated heterocycles. The number of nitrogens with one attached hydrogen (secondary N) is 4. The van der Waals surface area contributed by atoms with Gasteiger partial charge in [-0.15, -0.1) is 0 Å². The van der Waals surface area contributed by atoms with Gasteiger partial charge in [0, 0.05) is 70.4 Å². The normalized spacial score (nSPS) is 25.6. The summed E-state index contributed by atoms with van der Waals surface area (Å²) in [6.07, 6.45) is -11.6.